The summed E-state index contributed by atoms with van der Waals surface area (Å²) in [5.74, 6) is 0.330. The number of fused-ring (bicyclic) bond motifs is 2. The molecular weight excluding hydrogens is 310 g/mol. The molecule has 0 saturated carbocycles. The van der Waals surface area contributed by atoms with Crippen LogP contribution < -0.4 is 0 Å². The summed E-state index contributed by atoms with van der Waals surface area (Å²) >= 11 is 0. The Kier molecular flexibility index (Phi) is 3.46. The van der Waals surface area contributed by atoms with Gasteiger partial charge in [0.05, 0.1) is 13.0 Å². The molecule has 25 heavy (non-hydrogen) atoms. The van der Waals surface area contributed by atoms with E-state index in [1.54, 1.807) is 0 Å². The molecule has 0 spiro atoms. The van der Waals surface area contributed by atoms with E-state index >= 15 is 0 Å². The molecule has 5 atom stereocenters. The Bertz CT molecular complexity index is 866. The number of carbonyl (C=O) groups is 1. The number of esters is 1. The normalized spacial score (nSPS) is 34.6. The van der Waals surface area contributed by atoms with Crippen LogP contribution in [0.2, 0.25) is 0 Å². The number of piperidine rings is 3. The van der Waals surface area contributed by atoms with Crippen molar-refractivity contribution in [2.75, 3.05) is 13.7 Å². The van der Waals surface area contributed by atoms with Crippen LogP contribution >= 0.6 is 0 Å². The highest BCUT2D eigenvalue weighted by Gasteiger charge is 2.55. The lowest BCUT2D eigenvalue weighted by Gasteiger charge is -2.50. The monoisotopic (exact) mass is 333 g/mol. The summed E-state index contributed by atoms with van der Waals surface area (Å²) < 4.78 is 5.17. The first-order chi connectivity index (χ1) is 12.3. The molecule has 4 aliphatic heterocycles. The Morgan fingerprint density at radius 3 is 2.88 bits per heavy atom. The fraction of sp³-hybridized carbons (Fsp3) is 0.409. The van der Waals surface area contributed by atoms with Gasteiger partial charge in [0, 0.05) is 18.6 Å². The first-order valence-electron chi connectivity index (χ1n) is 9.28. The molecule has 4 aliphatic rings. The van der Waals surface area contributed by atoms with Gasteiger partial charge in [-0.1, -0.05) is 54.1 Å². The standard InChI is InChI=1S/C22H23NO2/c1-25-22(24)21-19-12-17-9-10-20(21)23(17)13-16(19)11-15-7-4-6-14-5-2-3-8-18(14)15/h2-8,11,17,19-21H,9-10,12-13H2,1H3/b16-11+/t17-,19-,20?,21-/m1/s1. The summed E-state index contributed by atoms with van der Waals surface area (Å²) in [7, 11) is 1.53. The number of hydrogen-bond acceptors (Lipinski definition) is 3. The molecule has 6 rings (SSSR count). The zero-order valence-corrected chi connectivity index (χ0v) is 14.5. The van der Waals surface area contributed by atoms with Crippen LogP contribution in [0.1, 0.15) is 24.8 Å². The second kappa shape index (κ2) is 5.70. The van der Waals surface area contributed by atoms with E-state index in [0.29, 0.717) is 18.0 Å². The van der Waals surface area contributed by atoms with Crippen molar-refractivity contribution in [1.82, 2.24) is 4.90 Å². The number of ether oxygens (including phenoxy) is 1. The van der Waals surface area contributed by atoms with Gasteiger partial charge in [-0.15, -0.1) is 0 Å². The highest BCUT2D eigenvalue weighted by Crippen LogP contribution is 2.51. The Morgan fingerprint density at radius 1 is 1.16 bits per heavy atom. The minimum atomic E-state index is -0.0242. The van der Waals surface area contributed by atoms with Crippen molar-refractivity contribution >= 4 is 22.8 Å². The predicted molar refractivity (Wildman–Crippen MR) is 99.1 cm³/mol. The second-order valence-electron chi connectivity index (χ2n) is 7.65. The molecular formula is C22H23NO2. The number of carbonyl (C=O) groups excluding carboxylic acids is 1. The van der Waals surface area contributed by atoms with Crippen molar-refractivity contribution in [2.45, 2.75) is 31.3 Å². The lowest BCUT2D eigenvalue weighted by atomic mass is 9.71. The smallest absolute Gasteiger partial charge is 0.310 e. The third-order valence-electron chi connectivity index (χ3n) is 6.54. The van der Waals surface area contributed by atoms with Gasteiger partial charge in [-0.3, -0.25) is 9.69 Å². The van der Waals surface area contributed by atoms with Crippen LogP contribution in [0.5, 0.6) is 0 Å². The van der Waals surface area contributed by atoms with Crippen molar-refractivity contribution in [3.05, 3.63) is 53.6 Å². The van der Waals surface area contributed by atoms with Crippen LogP contribution in [0.15, 0.2) is 48.0 Å². The minimum Gasteiger partial charge on any atom is -0.469 e. The maximum absolute atomic E-state index is 12.5. The van der Waals surface area contributed by atoms with E-state index in [0.717, 1.165) is 19.4 Å². The van der Waals surface area contributed by atoms with E-state index < -0.39 is 0 Å². The maximum atomic E-state index is 12.5. The van der Waals surface area contributed by atoms with E-state index in [-0.39, 0.29) is 11.9 Å². The van der Waals surface area contributed by atoms with Crippen molar-refractivity contribution in [1.29, 1.82) is 0 Å². The molecule has 2 unspecified atom stereocenters. The summed E-state index contributed by atoms with van der Waals surface area (Å²) in [5.41, 5.74) is 2.67. The average molecular weight is 333 g/mol. The van der Waals surface area contributed by atoms with Crippen LogP contribution in [0.4, 0.5) is 0 Å². The van der Waals surface area contributed by atoms with Crippen molar-refractivity contribution in [2.24, 2.45) is 11.8 Å². The van der Waals surface area contributed by atoms with Crippen molar-refractivity contribution in [3.63, 3.8) is 0 Å². The highest BCUT2D eigenvalue weighted by atomic mass is 16.5. The van der Waals surface area contributed by atoms with Crippen LogP contribution in [0, 0.1) is 11.8 Å². The molecule has 0 N–H and O–H groups in total. The van der Waals surface area contributed by atoms with Gasteiger partial charge >= 0.3 is 5.97 Å². The number of rotatable bonds is 2. The molecule has 0 aromatic heterocycles. The molecule has 0 radical (unpaired) electrons. The third kappa shape index (κ3) is 2.26. The van der Waals surface area contributed by atoms with Gasteiger partial charge < -0.3 is 4.74 Å². The number of benzene rings is 2. The first kappa shape index (κ1) is 15.2. The Morgan fingerprint density at radius 2 is 2.00 bits per heavy atom. The molecule has 2 aromatic carbocycles. The highest BCUT2D eigenvalue weighted by molar-refractivity contribution is 5.91. The lowest BCUT2D eigenvalue weighted by Crippen LogP contribution is -2.58. The van der Waals surface area contributed by atoms with Crippen LogP contribution in [-0.4, -0.2) is 36.6 Å². The molecule has 128 valence electrons. The summed E-state index contributed by atoms with van der Waals surface area (Å²) in [6.07, 6.45) is 5.82. The van der Waals surface area contributed by atoms with Crippen LogP contribution in [0.3, 0.4) is 0 Å². The molecule has 2 aromatic rings. The van der Waals surface area contributed by atoms with Gasteiger partial charge in [0.1, 0.15) is 0 Å². The molecule has 3 nitrogen and oxygen atoms in total. The van der Waals surface area contributed by atoms with Gasteiger partial charge in [0.15, 0.2) is 0 Å². The minimum absolute atomic E-state index is 0.0127. The van der Waals surface area contributed by atoms with Crippen LogP contribution in [0.25, 0.3) is 16.8 Å². The fourth-order valence-corrected chi connectivity index (χ4v) is 5.46. The Labute approximate surface area is 148 Å². The third-order valence-corrected chi connectivity index (χ3v) is 6.54. The molecule has 3 heteroatoms. The number of hydrogen-bond donors (Lipinski definition) is 0. The Hall–Kier alpha value is -2.13. The molecule has 0 aliphatic carbocycles. The molecule has 4 heterocycles. The van der Waals surface area contributed by atoms with E-state index in [2.05, 4.69) is 53.4 Å². The van der Waals surface area contributed by atoms with Crippen molar-refractivity contribution < 1.29 is 9.53 Å². The van der Waals surface area contributed by atoms with Gasteiger partial charge in [-0.2, -0.15) is 0 Å². The summed E-state index contributed by atoms with van der Waals surface area (Å²) in [4.78, 5) is 15.0. The Balaban J connectivity index is 1.58. The number of methoxy groups -OCH3 is 1. The SMILES string of the molecule is COC(=O)[C@H]1C2CC[C@@H]3C[C@@H]1/C(=C/c1cccc4ccccc14)CN23. The maximum Gasteiger partial charge on any atom is 0.310 e. The fourth-order valence-electron chi connectivity index (χ4n) is 5.46. The van der Waals surface area contributed by atoms with Gasteiger partial charge in [0.2, 0.25) is 0 Å². The molecule has 4 bridgehead atoms. The van der Waals surface area contributed by atoms with Gasteiger partial charge in [0.25, 0.3) is 0 Å². The summed E-state index contributed by atoms with van der Waals surface area (Å²) in [6.45, 7) is 1.01. The molecule has 4 saturated heterocycles. The average Bonchev–Trinajstić information content (AvgIpc) is 2.96. The number of nitrogens with zero attached hydrogens (tertiary/aromatic N) is 1. The summed E-state index contributed by atoms with van der Waals surface area (Å²) in [5, 5.41) is 2.55. The molecule has 4 fully saturated rings. The zero-order valence-electron chi connectivity index (χ0n) is 14.5. The zero-order chi connectivity index (χ0) is 17.0. The van der Waals surface area contributed by atoms with Crippen molar-refractivity contribution in [3.8, 4) is 0 Å². The van der Waals surface area contributed by atoms with E-state index in [9.17, 15) is 4.79 Å². The first-order valence-corrected chi connectivity index (χ1v) is 9.28. The summed E-state index contributed by atoms with van der Waals surface area (Å²) in [6, 6.07) is 16.0. The molecule has 0 amide bonds. The topological polar surface area (TPSA) is 29.5 Å². The van der Waals surface area contributed by atoms with E-state index in [4.69, 9.17) is 4.74 Å². The van der Waals surface area contributed by atoms with E-state index in [1.807, 2.05) is 0 Å². The predicted octanol–water partition coefficient (Wildman–Crippen LogP) is 3.88. The van der Waals surface area contributed by atoms with E-state index in [1.165, 1.54) is 35.4 Å². The largest absolute Gasteiger partial charge is 0.469 e. The lowest BCUT2D eigenvalue weighted by molar-refractivity contribution is -0.153. The quantitative estimate of drug-likeness (QED) is 0.781. The van der Waals surface area contributed by atoms with Crippen LogP contribution in [-0.2, 0) is 9.53 Å². The van der Waals surface area contributed by atoms with Gasteiger partial charge in [-0.05, 0) is 41.5 Å². The second-order valence-corrected chi connectivity index (χ2v) is 7.65. The van der Waals surface area contributed by atoms with Gasteiger partial charge in [-0.25, -0.2) is 0 Å².